The molecule has 0 radical (unpaired) electrons. The van der Waals surface area contributed by atoms with Gasteiger partial charge in [-0.05, 0) is 40.0 Å². The Hall–Kier alpha value is -2.90. The second-order valence-corrected chi connectivity index (χ2v) is 7.51. The van der Waals surface area contributed by atoms with Gasteiger partial charge in [0.15, 0.2) is 5.65 Å². The summed E-state index contributed by atoms with van der Waals surface area (Å²) in [6, 6.07) is 3.80. The second-order valence-electron chi connectivity index (χ2n) is 7.51. The number of ether oxygens (including phenoxy) is 1. The van der Waals surface area contributed by atoms with E-state index in [0.29, 0.717) is 18.8 Å². The van der Waals surface area contributed by atoms with Crippen LogP contribution in [0, 0.1) is 19.8 Å². The standard InChI is InChI=1S/C21H27N5O3/c1-5-16-14(4)22-19-11-17(18-10-13(3)29-24-18)23-26(19)20(16)25-9-7-8-15(12-25)21(27)28-6-2/h10-11,15H,5-9,12H2,1-4H3/t15-/m1/s1. The molecule has 1 saturated heterocycles. The van der Waals surface area contributed by atoms with Crippen LogP contribution in [0.2, 0.25) is 0 Å². The lowest BCUT2D eigenvalue weighted by Crippen LogP contribution is -2.41. The third kappa shape index (κ3) is 3.59. The molecule has 1 aliphatic rings. The highest BCUT2D eigenvalue weighted by Crippen LogP contribution is 2.31. The number of piperidine rings is 1. The molecule has 29 heavy (non-hydrogen) atoms. The van der Waals surface area contributed by atoms with Crippen molar-refractivity contribution in [3.8, 4) is 11.4 Å². The minimum Gasteiger partial charge on any atom is -0.466 e. The summed E-state index contributed by atoms with van der Waals surface area (Å²) in [5.74, 6) is 1.51. The van der Waals surface area contributed by atoms with Gasteiger partial charge in [0.25, 0.3) is 0 Å². The van der Waals surface area contributed by atoms with Gasteiger partial charge >= 0.3 is 5.97 Å². The fourth-order valence-corrected chi connectivity index (χ4v) is 4.11. The van der Waals surface area contributed by atoms with Gasteiger partial charge in [0, 0.05) is 36.5 Å². The van der Waals surface area contributed by atoms with Gasteiger partial charge in [-0.2, -0.15) is 9.61 Å². The number of aryl methyl sites for hydroxylation is 2. The van der Waals surface area contributed by atoms with Gasteiger partial charge in [0.1, 0.15) is 23.0 Å². The molecule has 4 rings (SSSR count). The van der Waals surface area contributed by atoms with Crippen molar-refractivity contribution < 1.29 is 14.1 Å². The summed E-state index contributed by atoms with van der Waals surface area (Å²) in [7, 11) is 0. The molecule has 0 aromatic carbocycles. The molecule has 1 fully saturated rings. The van der Waals surface area contributed by atoms with Crippen LogP contribution in [0.3, 0.4) is 0 Å². The predicted octanol–water partition coefficient (Wildman–Crippen LogP) is 3.34. The van der Waals surface area contributed by atoms with Crippen molar-refractivity contribution in [2.45, 2.75) is 47.0 Å². The van der Waals surface area contributed by atoms with Crippen molar-refractivity contribution in [1.82, 2.24) is 19.8 Å². The zero-order chi connectivity index (χ0) is 20.5. The molecule has 8 heteroatoms. The molecule has 0 unspecified atom stereocenters. The van der Waals surface area contributed by atoms with Crippen LogP contribution in [0.5, 0.6) is 0 Å². The van der Waals surface area contributed by atoms with Gasteiger partial charge in [-0.1, -0.05) is 12.1 Å². The van der Waals surface area contributed by atoms with Crippen LogP contribution in [0.4, 0.5) is 5.82 Å². The Kier molecular flexibility index (Phi) is 5.25. The van der Waals surface area contributed by atoms with Crippen LogP contribution in [0.15, 0.2) is 16.7 Å². The van der Waals surface area contributed by atoms with Gasteiger partial charge in [-0.15, -0.1) is 0 Å². The van der Waals surface area contributed by atoms with E-state index in [1.54, 1.807) is 0 Å². The maximum atomic E-state index is 12.3. The lowest BCUT2D eigenvalue weighted by Gasteiger charge is -2.34. The van der Waals surface area contributed by atoms with E-state index in [0.717, 1.165) is 60.0 Å². The van der Waals surface area contributed by atoms with Crippen molar-refractivity contribution in [3.63, 3.8) is 0 Å². The van der Waals surface area contributed by atoms with E-state index in [1.807, 2.05) is 37.4 Å². The highest BCUT2D eigenvalue weighted by atomic mass is 16.5. The van der Waals surface area contributed by atoms with Crippen molar-refractivity contribution in [1.29, 1.82) is 0 Å². The monoisotopic (exact) mass is 397 g/mol. The minimum absolute atomic E-state index is 0.114. The number of hydrogen-bond acceptors (Lipinski definition) is 7. The summed E-state index contributed by atoms with van der Waals surface area (Å²) in [6.07, 6.45) is 2.63. The lowest BCUT2D eigenvalue weighted by molar-refractivity contribution is -0.148. The average Bonchev–Trinajstić information content (AvgIpc) is 3.33. The number of esters is 1. The molecular formula is C21H27N5O3. The maximum Gasteiger partial charge on any atom is 0.310 e. The number of hydrogen-bond donors (Lipinski definition) is 0. The Morgan fingerprint density at radius 2 is 2.10 bits per heavy atom. The highest BCUT2D eigenvalue weighted by Gasteiger charge is 2.30. The van der Waals surface area contributed by atoms with Crippen LogP contribution in [-0.2, 0) is 16.0 Å². The quantitative estimate of drug-likeness (QED) is 0.610. The highest BCUT2D eigenvalue weighted by molar-refractivity contribution is 5.74. The van der Waals surface area contributed by atoms with Crippen LogP contribution in [-0.4, -0.2) is 45.4 Å². The van der Waals surface area contributed by atoms with E-state index >= 15 is 0 Å². The third-order valence-electron chi connectivity index (χ3n) is 5.46. The first-order valence-corrected chi connectivity index (χ1v) is 10.3. The number of nitrogens with zero attached hydrogens (tertiary/aromatic N) is 5. The molecule has 0 aliphatic carbocycles. The molecule has 1 aliphatic heterocycles. The van der Waals surface area contributed by atoms with Crippen molar-refractivity contribution >= 4 is 17.4 Å². The summed E-state index contributed by atoms with van der Waals surface area (Å²) in [4.78, 5) is 19.4. The van der Waals surface area contributed by atoms with E-state index in [2.05, 4.69) is 17.0 Å². The number of anilines is 1. The zero-order valence-electron chi connectivity index (χ0n) is 17.4. The van der Waals surface area contributed by atoms with Crippen LogP contribution in [0.1, 0.15) is 43.7 Å². The summed E-state index contributed by atoms with van der Waals surface area (Å²) >= 11 is 0. The Bertz CT molecular complexity index is 1040. The number of carbonyl (C=O) groups is 1. The Morgan fingerprint density at radius 1 is 1.28 bits per heavy atom. The first-order chi connectivity index (χ1) is 14.0. The lowest BCUT2D eigenvalue weighted by atomic mass is 9.97. The molecular weight excluding hydrogens is 370 g/mol. The van der Waals surface area contributed by atoms with E-state index in [9.17, 15) is 4.79 Å². The summed E-state index contributed by atoms with van der Waals surface area (Å²) in [6.45, 7) is 9.77. The van der Waals surface area contributed by atoms with E-state index in [1.165, 1.54) is 0 Å². The topological polar surface area (TPSA) is 85.8 Å². The number of fused-ring (bicyclic) bond motifs is 1. The average molecular weight is 397 g/mol. The van der Waals surface area contributed by atoms with Gasteiger partial charge in [0.05, 0.1) is 12.5 Å². The van der Waals surface area contributed by atoms with Gasteiger partial charge < -0.3 is 14.2 Å². The maximum absolute atomic E-state index is 12.3. The number of rotatable bonds is 5. The molecule has 3 aromatic rings. The molecule has 0 bridgehead atoms. The smallest absolute Gasteiger partial charge is 0.310 e. The van der Waals surface area contributed by atoms with Crippen LogP contribution in [0.25, 0.3) is 17.0 Å². The summed E-state index contributed by atoms with van der Waals surface area (Å²) < 4.78 is 12.4. The van der Waals surface area contributed by atoms with Crippen molar-refractivity contribution in [3.05, 3.63) is 29.2 Å². The van der Waals surface area contributed by atoms with Gasteiger partial charge in [-0.25, -0.2) is 4.98 Å². The molecule has 3 aromatic heterocycles. The first kappa shape index (κ1) is 19.4. The van der Waals surface area contributed by atoms with Gasteiger partial charge in [0.2, 0.25) is 0 Å². The Morgan fingerprint density at radius 3 is 2.79 bits per heavy atom. The second kappa shape index (κ2) is 7.85. The largest absolute Gasteiger partial charge is 0.466 e. The molecule has 154 valence electrons. The summed E-state index contributed by atoms with van der Waals surface area (Å²) in [5.41, 5.74) is 4.31. The van der Waals surface area contributed by atoms with E-state index < -0.39 is 0 Å². The first-order valence-electron chi connectivity index (χ1n) is 10.3. The predicted molar refractivity (Wildman–Crippen MR) is 109 cm³/mol. The fraction of sp³-hybridized carbons (Fsp3) is 0.524. The van der Waals surface area contributed by atoms with E-state index in [4.69, 9.17) is 19.3 Å². The SMILES string of the molecule is CCOC(=O)[C@@H]1CCCN(c2c(CC)c(C)nc3cc(-c4cc(C)on4)nn23)C1. The molecule has 1 atom stereocenters. The van der Waals surface area contributed by atoms with Gasteiger partial charge in [-0.3, -0.25) is 4.79 Å². The normalized spacial score (nSPS) is 17.1. The number of aromatic nitrogens is 4. The fourth-order valence-electron chi connectivity index (χ4n) is 4.11. The van der Waals surface area contributed by atoms with Crippen molar-refractivity contribution in [2.24, 2.45) is 5.92 Å². The molecule has 0 saturated carbocycles. The van der Waals surface area contributed by atoms with Crippen LogP contribution < -0.4 is 4.90 Å². The number of carbonyl (C=O) groups excluding carboxylic acids is 1. The Balaban J connectivity index is 1.79. The Labute approximate surface area is 169 Å². The molecule has 0 amide bonds. The third-order valence-corrected chi connectivity index (χ3v) is 5.46. The molecule has 0 N–H and O–H groups in total. The molecule has 4 heterocycles. The molecule has 8 nitrogen and oxygen atoms in total. The summed E-state index contributed by atoms with van der Waals surface area (Å²) in [5, 5.41) is 8.89. The minimum atomic E-state index is -0.120. The van der Waals surface area contributed by atoms with E-state index in [-0.39, 0.29) is 11.9 Å². The van der Waals surface area contributed by atoms with Crippen molar-refractivity contribution in [2.75, 3.05) is 24.6 Å². The van der Waals surface area contributed by atoms with Crippen LogP contribution >= 0.6 is 0 Å². The molecule has 0 spiro atoms. The zero-order valence-corrected chi connectivity index (χ0v) is 17.4.